The lowest BCUT2D eigenvalue weighted by Gasteiger charge is -2.31. The molecule has 0 radical (unpaired) electrons. The lowest BCUT2D eigenvalue weighted by molar-refractivity contribution is -0.132. The van der Waals surface area contributed by atoms with E-state index in [9.17, 15) is 13.2 Å². The largest absolute Gasteiger partial charge is 0.342 e. The Kier molecular flexibility index (Phi) is 6.48. The predicted octanol–water partition coefficient (Wildman–Crippen LogP) is 3.03. The number of carbonyl (C=O) groups excluding carboxylic acids is 1. The molecule has 1 aliphatic rings. The third kappa shape index (κ3) is 5.17. The molecule has 23 heavy (non-hydrogen) atoms. The number of halogens is 2. The van der Waals surface area contributed by atoms with Gasteiger partial charge in [-0.05, 0) is 37.0 Å². The number of sulfonamides is 1. The minimum Gasteiger partial charge on any atom is -0.342 e. The Labute approximate surface area is 150 Å². The van der Waals surface area contributed by atoms with E-state index >= 15 is 0 Å². The molecule has 1 unspecified atom stereocenters. The van der Waals surface area contributed by atoms with E-state index in [1.165, 1.54) is 12.1 Å². The van der Waals surface area contributed by atoms with Crippen LogP contribution in [0, 0.1) is 5.92 Å². The second kappa shape index (κ2) is 7.96. The van der Waals surface area contributed by atoms with Crippen molar-refractivity contribution in [1.82, 2.24) is 9.62 Å². The Morgan fingerprint density at radius 3 is 2.87 bits per heavy atom. The van der Waals surface area contributed by atoms with Crippen LogP contribution in [0.1, 0.15) is 26.2 Å². The van der Waals surface area contributed by atoms with Crippen molar-refractivity contribution in [2.45, 2.75) is 31.1 Å². The summed E-state index contributed by atoms with van der Waals surface area (Å²) in [6.45, 7) is 3.70. The van der Waals surface area contributed by atoms with Gasteiger partial charge in [0.2, 0.25) is 15.9 Å². The van der Waals surface area contributed by atoms with Crippen LogP contribution in [-0.4, -0.2) is 38.9 Å². The van der Waals surface area contributed by atoms with Crippen molar-refractivity contribution in [3.63, 3.8) is 0 Å². The lowest BCUT2D eigenvalue weighted by atomic mass is 10.0. The minimum absolute atomic E-state index is 0.0128. The average Bonchev–Trinajstić information content (AvgIpc) is 2.46. The Balaban J connectivity index is 1.91. The molecule has 5 nitrogen and oxygen atoms in total. The summed E-state index contributed by atoms with van der Waals surface area (Å²) in [6.07, 6.45) is 2.30. The van der Waals surface area contributed by atoms with Crippen molar-refractivity contribution in [3.05, 3.63) is 27.7 Å². The molecule has 1 fully saturated rings. The Hall–Kier alpha value is -0.630. The average molecular weight is 424 g/mol. The zero-order chi connectivity index (χ0) is 17.0. The fourth-order valence-corrected chi connectivity index (χ4v) is 4.70. The van der Waals surface area contributed by atoms with E-state index in [0.717, 1.165) is 25.9 Å². The maximum atomic E-state index is 12.2. The Morgan fingerprint density at radius 1 is 1.48 bits per heavy atom. The molecule has 1 aromatic carbocycles. The van der Waals surface area contributed by atoms with Crippen LogP contribution >= 0.6 is 27.5 Å². The van der Waals surface area contributed by atoms with E-state index in [1.807, 2.05) is 4.90 Å². The van der Waals surface area contributed by atoms with Crippen molar-refractivity contribution in [1.29, 1.82) is 0 Å². The first-order chi connectivity index (χ1) is 10.8. The van der Waals surface area contributed by atoms with Crippen molar-refractivity contribution >= 4 is 43.5 Å². The number of carbonyl (C=O) groups is 1. The van der Waals surface area contributed by atoms with Gasteiger partial charge in [-0.1, -0.05) is 34.5 Å². The number of likely N-dealkylation sites (tertiary alicyclic amines) is 1. The van der Waals surface area contributed by atoms with Gasteiger partial charge in [0.05, 0.1) is 5.02 Å². The highest BCUT2D eigenvalue weighted by atomic mass is 79.9. The number of piperidine rings is 1. The number of benzene rings is 1. The molecule has 1 heterocycles. The molecular formula is C15H20BrClN2O3S. The number of hydrogen-bond acceptors (Lipinski definition) is 3. The van der Waals surface area contributed by atoms with Crippen LogP contribution in [0.15, 0.2) is 27.6 Å². The molecule has 0 saturated carbocycles. The fraction of sp³-hybridized carbons (Fsp3) is 0.533. The molecule has 1 aliphatic heterocycles. The van der Waals surface area contributed by atoms with E-state index in [0.29, 0.717) is 10.4 Å². The van der Waals surface area contributed by atoms with Crippen molar-refractivity contribution in [2.24, 2.45) is 5.92 Å². The summed E-state index contributed by atoms with van der Waals surface area (Å²) in [6, 6.07) is 4.57. The summed E-state index contributed by atoms with van der Waals surface area (Å²) in [5.74, 6) is 0.493. The van der Waals surface area contributed by atoms with E-state index < -0.39 is 10.0 Å². The minimum atomic E-state index is -3.72. The molecule has 0 spiro atoms. The normalized spacial score (nSPS) is 18.9. The maximum absolute atomic E-state index is 12.2. The van der Waals surface area contributed by atoms with Gasteiger partial charge in [-0.25, -0.2) is 13.1 Å². The highest BCUT2D eigenvalue weighted by molar-refractivity contribution is 9.10. The topological polar surface area (TPSA) is 66.5 Å². The highest BCUT2D eigenvalue weighted by Crippen LogP contribution is 2.25. The van der Waals surface area contributed by atoms with Gasteiger partial charge in [-0.15, -0.1) is 0 Å². The van der Waals surface area contributed by atoms with Gasteiger partial charge in [0.1, 0.15) is 4.90 Å². The number of nitrogens with one attached hydrogen (secondary N) is 1. The molecule has 1 atom stereocenters. The molecule has 0 aliphatic carbocycles. The predicted molar refractivity (Wildman–Crippen MR) is 93.9 cm³/mol. The van der Waals surface area contributed by atoms with Crippen molar-refractivity contribution in [2.75, 3.05) is 19.6 Å². The third-order valence-corrected chi connectivity index (χ3v) is 6.26. The Morgan fingerprint density at radius 2 is 2.22 bits per heavy atom. The molecule has 2 rings (SSSR count). The molecule has 1 amide bonds. The summed E-state index contributed by atoms with van der Waals surface area (Å²) >= 11 is 9.20. The highest BCUT2D eigenvalue weighted by Gasteiger charge is 2.22. The molecule has 8 heteroatoms. The van der Waals surface area contributed by atoms with Crippen LogP contribution in [-0.2, 0) is 14.8 Å². The lowest BCUT2D eigenvalue weighted by Crippen LogP contribution is -2.40. The molecule has 0 aromatic heterocycles. The second-order valence-corrected chi connectivity index (χ2v) is 8.87. The van der Waals surface area contributed by atoms with E-state index in [2.05, 4.69) is 27.6 Å². The first-order valence-corrected chi connectivity index (χ1v) is 10.2. The van der Waals surface area contributed by atoms with Crippen LogP contribution in [0.4, 0.5) is 0 Å². The van der Waals surface area contributed by atoms with Gasteiger partial charge in [0.25, 0.3) is 0 Å². The third-order valence-electron chi connectivity index (χ3n) is 3.82. The van der Waals surface area contributed by atoms with Gasteiger partial charge < -0.3 is 4.90 Å². The smallest absolute Gasteiger partial charge is 0.242 e. The maximum Gasteiger partial charge on any atom is 0.242 e. The standard InChI is InChI=1S/C15H20BrClN2O3S/c1-11-3-2-8-19(10-11)15(20)6-7-18-23(21,22)14-5-4-12(16)9-13(14)17/h4-5,9,11,18H,2-3,6-8,10H2,1H3. The molecule has 128 valence electrons. The summed E-state index contributed by atoms with van der Waals surface area (Å²) in [4.78, 5) is 14.0. The quantitative estimate of drug-likeness (QED) is 0.791. The first-order valence-electron chi connectivity index (χ1n) is 7.52. The summed E-state index contributed by atoms with van der Waals surface area (Å²) in [5, 5.41) is 0.142. The van der Waals surface area contributed by atoms with Crippen LogP contribution < -0.4 is 4.72 Å². The van der Waals surface area contributed by atoms with Gasteiger partial charge >= 0.3 is 0 Å². The molecule has 1 aromatic rings. The first kappa shape index (κ1) is 18.7. The van der Waals surface area contributed by atoms with E-state index in [4.69, 9.17) is 11.6 Å². The molecule has 1 saturated heterocycles. The van der Waals surface area contributed by atoms with E-state index in [1.54, 1.807) is 6.07 Å². The zero-order valence-corrected chi connectivity index (χ0v) is 16.0. The molecule has 0 bridgehead atoms. The van der Waals surface area contributed by atoms with Crippen LogP contribution in [0.2, 0.25) is 5.02 Å². The zero-order valence-electron chi connectivity index (χ0n) is 12.9. The molecule has 1 N–H and O–H groups in total. The van der Waals surface area contributed by atoms with Crippen molar-refractivity contribution in [3.8, 4) is 0 Å². The van der Waals surface area contributed by atoms with Gasteiger partial charge in [-0.2, -0.15) is 0 Å². The van der Waals surface area contributed by atoms with Gasteiger partial charge in [0.15, 0.2) is 0 Å². The molecular weight excluding hydrogens is 404 g/mol. The number of hydrogen-bond donors (Lipinski definition) is 1. The SMILES string of the molecule is CC1CCCN(C(=O)CCNS(=O)(=O)c2ccc(Br)cc2Cl)C1. The second-order valence-electron chi connectivity index (χ2n) is 5.81. The monoisotopic (exact) mass is 422 g/mol. The summed E-state index contributed by atoms with van der Waals surface area (Å²) < 4.78 is 27.6. The van der Waals surface area contributed by atoms with Gasteiger partial charge in [-0.3, -0.25) is 4.79 Å². The van der Waals surface area contributed by atoms with Crippen LogP contribution in [0.25, 0.3) is 0 Å². The van der Waals surface area contributed by atoms with Crippen molar-refractivity contribution < 1.29 is 13.2 Å². The number of nitrogens with zero attached hydrogens (tertiary/aromatic N) is 1. The number of amides is 1. The summed E-state index contributed by atoms with van der Waals surface area (Å²) in [7, 11) is -3.72. The Bertz CT molecular complexity index is 681. The number of rotatable bonds is 5. The van der Waals surface area contributed by atoms with Gasteiger partial charge in [0, 0.05) is 30.5 Å². The van der Waals surface area contributed by atoms with Crippen LogP contribution in [0.5, 0.6) is 0 Å². The fourth-order valence-electron chi connectivity index (χ4n) is 2.64. The van der Waals surface area contributed by atoms with Crippen LogP contribution in [0.3, 0.4) is 0 Å². The summed E-state index contributed by atoms with van der Waals surface area (Å²) in [5.41, 5.74) is 0. The van der Waals surface area contributed by atoms with E-state index in [-0.39, 0.29) is 28.8 Å².